The molecule has 2 amide bonds. The van der Waals surface area contributed by atoms with Gasteiger partial charge in [0.05, 0.1) is 6.54 Å². The number of carbonyl (C=O) groups excluding carboxylic acids is 2. The minimum absolute atomic E-state index is 0.187. The lowest BCUT2D eigenvalue weighted by atomic mass is 10.1. The molecule has 1 atom stereocenters. The van der Waals surface area contributed by atoms with Gasteiger partial charge in [-0.15, -0.1) is 5.10 Å². The first-order valence-corrected chi connectivity index (χ1v) is 6.90. The second-order valence-corrected chi connectivity index (χ2v) is 4.72. The zero-order valence-electron chi connectivity index (χ0n) is 12.5. The van der Waals surface area contributed by atoms with Gasteiger partial charge in [-0.25, -0.2) is 4.68 Å². The van der Waals surface area contributed by atoms with Gasteiger partial charge in [-0.3, -0.25) is 9.59 Å². The average Bonchev–Trinajstić information content (AvgIpc) is 2.96. The smallest absolute Gasteiger partial charge is 0.246 e. The zero-order chi connectivity index (χ0) is 15.9. The molecule has 2 rings (SSSR count). The average molecular weight is 302 g/mol. The molecule has 0 spiro atoms. The summed E-state index contributed by atoms with van der Waals surface area (Å²) in [5, 5.41) is 16.3. The van der Waals surface area contributed by atoms with Gasteiger partial charge in [0.2, 0.25) is 11.8 Å². The van der Waals surface area contributed by atoms with E-state index in [1.165, 1.54) is 11.7 Å². The fraction of sp³-hybridized carbons (Fsp3) is 0.357. The van der Waals surface area contributed by atoms with Crippen LogP contribution in [0.5, 0.6) is 0 Å². The second-order valence-electron chi connectivity index (χ2n) is 4.72. The Morgan fingerprint density at radius 1 is 1.27 bits per heavy atom. The van der Waals surface area contributed by atoms with E-state index in [1.54, 1.807) is 19.1 Å². The Balaban J connectivity index is 1.99. The first-order chi connectivity index (χ1) is 10.6. The van der Waals surface area contributed by atoms with Crippen molar-refractivity contribution in [1.82, 2.24) is 30.8 Å². The summed E-state index contributed by atoms with van der Waals surface area (Å²) >= 11 is 0. The summed E-state index contributed by atoms with van der Waals surface area (Å²) < 4.78 is 1.54. The van der Waals surface area contributed by atoms with Crippen molar-refractivity contribution < 1.29 is 9.59 Å². The first kappa shape index (κ1) is 15.6. The third-order valence-electron chi connectivity index (χ3n) is 3.21. The number of hydrogen-bond acceptors (Lipinski definition) is 5. The van der Waals surface area contributed by atoms with Crippen molar-refractivity contribution in [2.75, 3.05) is 7.05 Å². The van der Waals surface area contributed by atoms with Crippen LogP contribution in [0.15, 0.2) is 30.3 Å². The Bertz CT molecular complexity index is 640. The maximum Gasteiger partial charge on any atom is 0.246 e. The molecule has 1 heterocycles. The van der Waals surface area contributed by atoms with E-state index in [9.17, 15) is 9.59 Å². The van der Waals surface area contributed by atoms with Crippen LogP contribution in [0, 0.1) is 6.92 Å². The van der Waals surface area contributed by atoms with E-state index < -0.39 is 6.04 Å². The van der Waals surface area contributed by atoms with E-state index in [2.05, 4.69) is 26.2 Å². The SMILES string of the molecule is CNC(=O)C(NC(=O)CCn1nnnc1C)c1ccccc1. The van der Waals surface area contributed by atoms with Crippen LogP contribution in [-0.4, -0.2) is 39.1 Å². The number of carbonyl (C=O) groups is 2. The van der Waals surface area contributed by atoms with Crippen LogP contribution in [0.3, 0.4) is 0 Å². The highest BCUT2D eigenvalue weighted by atomic mass is 16.2. The predicted molar refractivity (Wildman–Crippen MR) is 78.6 cm³/mol. The van der Waals surface area contributed by atoms with E-state index in [-0.39, 0.29) is 18.2 Å². The molecule has 0 radical (unpaired) electrons. The van der Waals surface area contributed by atoms with Crippen molar-refractivity contribution >= 4 is 11.8 Å². The molecular formula is C14H18N6O2. The van der Waals surface area contributed by atoms with Gasteiger partial charge in [0.25, 0.3) is 0 Å². The molecule has 22 heavy (non-hydrogen) atoms. The normalized spacial score (nSPS) is 11.7. The Hall–Kier alpha value is -2.77. The summed E-state index contributed by atoms with van der Waals surface area (Å²) in [6, 6.07) is 8.38. The van der Waals surface area contributed by atoms with Gasteiger partial charge in [0.1, 0.15) is 11.9 Å². The molecule has 0 aliphatic carbocycles. The van der Waals surface area contributed by atoms with Crippen LogP contribution in [0.4, 0.5) is 0 Å². The maximum absolute atomic E-state index is 12.1. The third-order valence-corrected chi connectivity index (χ3v) is 3.21. The molecule has 0 saturated heterocycles. The number of aromatic nitrogens is 4. The minimum Gasteiger partial charge on any atom is -0.357 e. The molecule has 0 fully saturated rings. The number of nitrogens with zero attached hydrogens (tertiary/aromatic N) is 4. The van der Waals surface area contributed by atoms with Crippen molar-refractivity contribution in [2.24, 2.45) is 0 Å². The summed E-state index contributed by atoms with van der Waals surface area (Å²) in [6.45, 7) is 2.12. The van der Waals surface area contributed by atoms with E-state index >= 15 is 0 Å². The number of aryl methyl sites for hydroxylation is 2. The first-order valence-electron chi connectivity index (χ1n) is 6.90. The molecule has 1 aromatic heterocycles. The topological polar surface area (TPSA) is 102 Å². The number of amides is 2. The molecule has 1 unspecified atom stereocenters. The van der Waals surface area contributed by atoms with Gasteiger partial charge in [-0.05, 0) is 22.9 Å². The highest BCUT2D eigenvalue weighted by molar-refractivity contribution is 5.88. The summed E-state index contributed by atoms with van der Waals surface area (Å²) in [5.74, 6) is 0.129. The lowest BCUT2D eigenvalue weighted by Crippen LogP contribution is -2.39. The number of nitrogens with one attached hydrogen (secondary N) is 2. The monoisotopic (exact) mass is 302 g/mol. The van der Waals surface area contributed by atoms with Crippen molar-refractivity contribution in [1.29, 1.82) is 0 Å². The molecule has 0 aliphatic heterocycles. The summed E-state index contributed by atoms with van der Waals surface area (Å²) in [7, 11) is 1.54. The lowest BCUT2D eigenvalue weighted by molar-refractivity contribution is -0.129. The number of likely N-dealkylation sites (N-methyl/N-ethyl adjacent to an activating group) is 1. The second kappa shape index (κ2) is 7.30. The lowest BCUT2D eigenvalue weighted by Gasteiger charge is -2.17. The summed E-state index contributed by atoms with van der Waals surface area (Å²) in [5.41, 5.74) is 0.730. The van der Waals surface area contributed by atoms with E-state index in [0.717, 1.165) is 5.56 Å². The van der Waals surface area contributed by atoms with Crippen molar-refractivity contribution in [2.45, 2.75) is 25.9 Å². The Morgan fingerprint density at radius 2 is 2.00 bits per heavy atom. The molecule has 0 aliphatic rings. The molecule has 116 valence electrons. The minimum atomic E-state index is -0.714. The fourth-order valence-corrected chi connectivity index (χ4v) is 1.99. The van der Waals surface area contributed by atoms with E-state index in [4.69, 9.17) is 0 Å². The van der Waals surface area contributed by atoms with E-state index in [1.807, 2.05) is 18.2 Å². The quantitative estimate of drug-likeness (QED) is 0.780. The molecule has 0 bridgehead atoms. The number of tetrazole rings is 1. The van der Waals surface area contributed by atoms with Gasteiger partial charge in [-0.2, -0.15) is 0 Å². The van der Waals surface area contributed by atoms with Gasteiger partial charge >= 0.3 is 0 Å². The van der Waals surface area contributed by atoms with Crippen LogP contribution in [0.25, 0.3) is 0 Å². The summed E-state index contributed by atoms with van der Waals surface area (Å²) in [4.78, 5) is 24.1. The van der Waals surface area contributed by atoms with E-state index in [0.29, 0.717) is 12.4 Å². The van der Waals surface area contributed by atoms with Gasteiger partial charge in [-0.1, -0.05) is 30.3 Å². The highest BCUT2D eigenvalue weighted by Gasteiger charge is 2.21. The number of hydrogen-bond donors (Lipinski definition) is 2. The molecule has 8 heteroatoms. The molecule has 2 aromatic rings. The molecule has 1 aromatic carbocycles. The van der Waals surface area contributed by atoms with Gasteiger partial charge in [0.15, 0.2) is 0 Å². The highest BCUT2D eigenvalue weighted by Crippen LogP contribution is 2.12. The maximum atomic E-state index is 12.1. The molecule has 0 saturated carbocycles. The van der Waals surface area contributed by atoms with Crippen molar-refractivity contribution in [3.63, 3.8) is 0 Å². The van der Waals surface area contributed by atoms with Crippen molar-refractivity contribution in [3.8, 4) is 0 Å². The van der Waals surface area contributed by atoms with Crippen LogP contribution in [0.1, 0.15) is 23.9 Å². The fourth-order valence-electron chi connectivity index (χ4n) is 1.99. The largest absolute Gasteiger partial charge is 0.357 e. The standard InChI is InChI=1S/C14H18N6O2/c1-10-17-18-19-20(10)9-8-12(21)16-13(14(22)15-2)11-6-4-3-5-7-11/h3-7,13H,8-9H2,1-2H3,(H,15,22)(H,16,21). The van der Waals surface area contributed by atoms with Crippen LogP contribution in [0.2, 0.25) is 0 Å². The zero-order valence-corrected chi connectivity index (χ0v) is 12.5. The predicted octanol–water partition coefficient (Wildman–Crippen LogP) is -0.0249. The molecular weight excluding hydrogens is 284 g/mol. The van der Waals surface area contributed by atoms with Crippen LogP contribution >= 0.6 is 0 Å². The number of benzene rings is 1. The number of rotatable bonds is 6. The van der Waals surface area contributed by atoms with Crippen LogP contribution < -0.4 is 10.6 Å². The van der Waals surface area contributed by atoms with Crippen LogP contribution in [-0.2, 0) is 16.1 Å². The molecule has 2 N–H and O–H groups in total. The van der Waals surface area contributed by atoms with Crippen molar-refractivity contribution in [3.05, 3.63) is 41.7 Å². The Morgan fingerprint density at radius 3 is 2.59 bits per heavy atom. The molecule has 8 nitrogen and oxygen atoms in total. The van der Waals surface area contributed by atoms with Gasteiger partial charge in [0, 0.05) is 13.5 Å². The Kier molecular flexibility index (Phi) is 5.18. The summed E-state index contributed by atoms with van der Waals surface area (Å²) in [6.07, 6.45) is 0.187. The van der Waals surface area contributed by atoms with Gasteiger partial charge < -0.3 is 10.6 Å². The Labute approximate surface area is 127 Å². The third kappa shape index (κ3) is 3.87.